The van der Waals surface area contributed by atoms with E-state index in [0.717, 1.165) is 22.4 Å². The van der Waals surface area contributed by atoms with Gasteiger partial charge in [0.15, 0.2) is 0 Å². The minimum Gasteiger partial charge on any atom is -0.310 e. The van der Waals surface area contributed by atoms with Crippen LogP contribution in [0.4, 0.5) is 0 Å². The van der Waals surface area contributed by atoms with Crippen LogP contribution in [0.15, 0.2) is 6.20 Å². The Kier molecular flexibility index (Phi) is 5.71. The minimum atomic E-state index is 0.773. The molecule has 0 radical (unpaired) electrons. The lowest BCUT2D eigenvalue weighted by Crippen LogP contribution is -2.32. The Morgan fingerprint density at radius 2 is 2.18 bits per heavy atom. The lowest BCUT2D eigenvalue weighted by atomic mass is 10.1. The average molecular weight is 274 g/mol. The monoisotopic (exact) mass is 273 g/mol. The molecule has 0 aromatic carbocycles. The normalized spacial score (nSPS) is 17.5. The molecular weight excluding hydrogens is 254 g/mol. The first kappa shape index (κ1) is 13.3. The molecule has 0 aliphatic carbocycles. The van der Waals surface area contributed by atoms with Crippen molar-refractivity contribution in [2.75, 3.05) is 26.2 Å². The van der Waals surface area contributed by atoms with Crippen LogP contribution < -0.4 is 5.32 Å². The van der Waals surface area contributed by atoms with E-state index in [1.807, 2.05) is 0 Å². The molecule has 0 unspecified atom stereocenters. The summed E-state index contributed by atoms with van der Waals surface area (Å²) in [5, 5.41) is 4.49. The predicted molar refractivity (Wildman–Crippen MR) is 73.7 cm³/mol. The van der Waals surface area contributed by atoms with E-state index >= 15 is 0 Å². The van der Waals surface area contributed by atoms with Gasteiger partial charge in [-0.05, 0) is 45.4 Å². The summed E-state index contributed by atoms with van der Waals surface area (Å²) in [5.74, 6) is 0. The van der Waals surface area contributed by atoms with Crippen molar-refractivity contribution in [3.63, 3.8) is 0 Å². The molecule has 1 aromatic heterocycles. The van der Waals surface area contributed by atoms with E-state index in [1.165, 1.54) is 45.3 Å². The first-order valence-corrected chi connectivity index (χ1v) is 7.57. The van der Waals surface area contributed by atoms with E-state index in [-0.39, 0.29) is 0 Å². The minimum absolute atomic E-state index is 0.773. The van der Waals surface area contributed by atoms with Crippen LogP contribution in [0.1, 0.15) is 30.7 Å². The average Bonchev–Trinajstić information content (AvgIpc) is 2.76. The van der Waals surface area contributed by atoms with Gasteiger partial charge in [0.2, 0.25) is 0 Å². The lowest BCUT2D eigenvalue weighted by molar-refractivity contribution is 0.225. The molecule has 1 saturated heterocycles. The lowest BCUT2D eigenvalue weighted by Gasteiger charge is -2.26. The molecule has 1 aliphatic rings. The second-order valence-corrected chi connectivity index (χ2v) is 6.24. The van der Waals surface area contributed by atoms with E-state index in [1.54, 1.807) is 17.5 Å². The highest BCUT2D eigenvalue weighted by Crippen LogP contribution is 2.17. The Morgan fingerprint density at radius 3 is 2.88 bits per heavy atom. The fourth-order valence-electron chi connectivity index (χ4n) is 2.18. The van der Waals surface area contributed by atoms with Crippen molar-refractivity contribution in [1.82, 2.24) is 15.2 Å². The highest BCUT2D eigenvalue weighted by molar-refractivity contribution is 7.15. The summed E-state index contributed by atoms with van der Waals surface area (Å²) in [6, 6.07) is 0. The molecule has 0 atom stereocenters. The highest BCUT2D eigenvalue weighted by Gasteiger charge is 2.08. The Morgan fingerprint density at radius 1 is 1.35 bits per heavy atom. The van der Waals surface area contributed by atoms with Crippen molar-refractivity contribution < 1.29 is 0 Å². The fourth-order valence-corrected chi connectivity index (χ4v) is 3.10. The van der Waals surface area contributed by atoms with Gasteiger partial charge in [0.25, 0.3) is 0 Å². The summed E-state index contributed by atoms with van der Waals surface area (Å²) >= 11 is 7.38. The van der Waals surface area contributed by atoms with Gasteiger partial charge in [-0.15, -0.1) is 11.3 Å². The molecule has 17 heavy (non-hydrogen) atoms. The molecule has 0 spiro atoms. The Balaban J connectivity index is 1.51. The Bertz CT molecular complexity index is 323. The summed E-state index contributed by atoms with van der Waals surface area (Å²) in [6.07, 6.45) is 7.12. The number of hydrogen-bond acceptors (Lipinski definition) is 4. The molecular formula is C12H20ClN3S. The van der Waals surface area contributed by atoms with Crippen molar-refractivity contribution in [2.24, 2.45) is 0 Å². The van der Waals surface area contributed by atoms with Crippen LogP contribution in [-0.4, -0.2) is 36.1 Å². The number of aromatic nitrogens is 1. The molecule has 2 rings (SSSR count). The molecule has 0 amide bonds. The van der Waals surface area contributed by atoms with E-state index in [9.17, 15) is 0 Å². The van der Waals surface area contributed by atoms with Crippen LogP contribution in [0.5, 0.6) is 0 Å². The Hall–Kier alpha value is -0.160. The molecule has 5 heteroatoms. The largest absolute Gasteiger partial charge is 0.310 e. The Labute approximate surface area is 112 Å². The third kappa shape index (κ3) is 4.92. The number of thiazole rings is 1. The van der Waals surface area contributed by atoms with Crippen molar-refractivity contribution in [1.29, 1.82) is 0 Å². The molecule has 1 N–H and O–H groups in total. The molecule has 3 nitrogen and oxygen atoms in total. The number of nitrogens with one attached hydrogen (secondary N) is 1. The smallest absolute Gasteiger partial charge is 0.113 e. The zero-order valence-corrected chi connectivity index (χ0v) is 11.7. The molecule has 2 heterocycles. The standard InChI is InChI=1S/C12H20ClN3S/c13-11-9-15-12(17-11)10-14-5-4-8-16-6-2-1-3-7-16/h9,14H,1-8,10H2. The quantitative estimate of drug-likeness (QED) is 0.808. The third-order valence-electron chi connectivity index (χ3n) is 3.08. The molecule has 1 fully saturated rings. The maximum atomic E-state index is 5.82. The van der Waals surface area contributed by atoms with Gasteiger partial charge in [0.05, 0.1) is 6.20 Å². The van der Waals surface area contributed by atoms with E-state index < -0.39 is 0 Å². The molecule has 96 valence electrons. The first-order chi connectivity index (χ1) is 8.34. The first-order valence-electron chi connectivity index (χ1n) is 6.38. The van der Waals surface area contributed by atoms with Crippen molar-refractivity contribution in [2.45, 2.75) is 32.2 Å². The van der Waals surface area contributed by atoms with E-state index in [4.69, 9.17) is 11.6 Å². The molecule has 1 aromatic rings. The second kappa shape index (κ2) is 7.31. The number of nitrogens with zero attached hydrogens (tertiary/aromatic N) is 2. The summed E-state index contributed by atoms with van der Waals surface area (Å²) in [7, 11) is 0. The van der Waals surface area contributed by atoms with Gasteiger partial charge in [-0.25, -0.2) is 4.98 Å². The van der Waals surface area contributed by atoms with Gasteiger partial charge in [-0.3, -0.25) is 0 Å². The number of likely N-dealkylation sites (tertiary alicyclic amines) is 1. The van der Waals surface area contributed by atoms with Gasteiger partial charge in [0, 0.05) is 6.54 Å². The summed E-state index contributed by atoms with van der Waals surface area (Å²) in [5.41, 5.74) is 0. The summed E-state index contributed by atoms with van der Waals surface area (Å²) < 4.78 is 0.773. The van der Waals surface area contributed by atoms with Crippen LogP contribution in [-0.2, 0) is 6.54 Å². The summed E-state index contributed by atoms with van der Waals surface area (Å²) in [4.78, 5) is 6.79. The van der Waals surface area contributed by atoms with Crippen LogP contribution >= 0.6 is 22.9 Å². The number of hydrogen-bond donors (Lipinski definition) is 1. The van der Waals surface area contributed by atoms with Crippen molar-refractivity contribution in [3.05, 3.63) is 15.5 Å². The SMILES string of the molecule is Clc1cnc(CNCCCN2CCCCC2)s1. The maximum absolute atomic E-state index is 5.82. The topological polar surface area (TPSA) is 28.2 Å². The zero-order valence-electron chi connectivity index (χ0n) is 10.1. The van der Waals surface area contributed by atoms with E-state index in [0.29, 0.717) is 0 Å². The van der Waals surface area contributed by atoms with E-state index in [2.05, 4.69) is 15.2 Å². The van der Waals surface area contributed by atoms with Crippen LogP contribution in [0.2, 0.25) is 4.34 Å². The second-order valence-electron chi connectivity index (χ2n) is 4.49. The van der Waals surface area contributed by atoms with Gasteiger partial charge in [-0.2, -0.15) is 0 Å². The highest BCUT2D eigenvalue weighted by atomic mass is 35.5. The van der Waals surface area contributed by atoms with Gasteiger partial charge >= 0.3 is 0 Å². The van der Waals surface area contributed by atoms with Crippen LogP contribution in [0, 0.1) is 0 Å². The number of piperidine rings is 1. The summed E-state index contributed by atoms with van der Waals surface area (Å²) in [6.45, 7) is 5.72. The molecule has 0 bridgehead atoms. The van der Waals surface area contributed by atoms with Crippen LogP contribution in [0.25, 0.3) is 0 Å². The van der Waals surface area contributed by atoms with Gasteiger partial charge in [0.1, 0.15) is 9.34 Å². The fraction of sp³-hybridized carbons (Fsp3) is 0.750. The van der Waals surface area contributed by atoms with Gasteiger partial charge in [-0.1, -0.05) is 18.0 Å². The van der Waals surface area contributed by atoms with Gasteiger partial charge < -0.3 is 10.2 Å². The molecule has 0 saturated carbocycles. The van der Waals surface area contributed by atoms with Crippen molar-refractivity contribution in [3.8, 4) is 0 Å². The molecule has 1 aliphatic heterocycles. The zero-order chi connectivity index (χ0) is 11.9. The maximum Gasteiger partial charge on any atom is 0.113 e. The third-order valence-corrected chi connectivity index (χ3v) is 4.19. The number of rotatable bonds is 6. The van der Waals surface area contributed by atoms with Crippen molar-refractivity contribution >= 4 is 22.9 Å². The number of halogens is 1. The predicted octanol–water partition coefficient (Wildman–Crippen LogP) is 2.76. The van der Waals surface area contributed by atoms with Crippen LogP contribution in [0.3, 0.4) is 0 Å².